The van der Waals surface area contributed by atoms with Crippen molar-refractivity contribution in [3.05, 3.63) is 66.2 Å². The topological polar surface area (TPSA) is 47.6 Å². The lowest BCUT2D eigenvalue weighted by Gasteiger charge is -2.27. The van der Waals surface area contributed by atoms with Gasteiger partial charge in [-0.2, -0.15) is 0 Å². The van der Waals surface area contributed by atoms with Crippen LogP contribution in [0.4, 0.5) is 5.69 Å². The smallest absolute Gasteiger partial charge is 0.262 e. The van der Waals surface area contributed by atoms with Crippen LogP contribution in [0.1, 0.15) is 52.7 Å². The third-order valence-corrected chi connectivity index (χ3v) is 4.52. The van der Waals surface area contributed by atoms with E-state index in [2.05, 4.69) is 65.6 Å². The van der Waals surface area contributed by atoms with E-state index in [-0.39, 0.29) is 23.3 Å². The lowest BCUT2D eigenvalue weighted by atomic mass is 9.80. The van der Waals surface area contributed by atoms with Gasteiger partial charge in [0.05, 0.1) is 0 Å². The van der Waals surface area contributed by atoms with Gasteiger partial charge in [0, 0.05) is 5.69 Å². The summed E-state index contributed by atoms with van der Waals surface area (Å²) in [6.45, 7) is 17.0. The Morgan fingerprint density at radius 3 is 2.17 bits per heavy atom. The van der Waals surface area contributed by atoms with Crippen LogP contribution in [0.5, 0.6) is 11.5 Å². The molecule has 0 aliphatic heterocycles. The second-order valence-corrected chi connectivity index (χ2v) is 9.17. The minimum atomic E-state index is -0.204. The summed E-state index contributed by atoms with van der Waals surface area (Å²) in [6, 6.07) is 13.5. The Hall–Kier alpha value is -2.75. The van der Waals surface area contributed by atoms with E-state index in [1.54, 1.807) is 18.2 Å². The van der Waals surface area contributed by atoms with Crippen LogP contribution >= 0.6 is 0 Å². The Morgan fingerprint density at radius 1 is 0.966 bits per heavy atom. The van der Waals surface area contributed by atoms with Crippen molar-refractivity contribution in [3.8, 4) is 11.5 Å². The summed E-state index contributed by atoms with van der Waals surface area (Å²) < 4.78 is 11.3. The average molecular weight is 396 g/mol. The molecule has 2 rings (SSSR count). The first-order chi connectivity index (χ1) is 13.5. The highest BCUT2D eigenvalue weighted by Crippen LogP contribution is 2.35. The Kier molecular flexibility index (Phi) is 7.12. The second-order valence-electron chi connectivity index (χ2n) is 9.17. The number of hydrogen-bond acceptors (Lipinski definition) is 3. The first-order valence-electron chi connectivity index (χ1n) is 9.92. The zero-order chi connectivity index (χ0) is 21.7. The fourth-order valence-corrected chi connectivity index (χ4v) is 2.84. The van der Waals surface area contributed by atoms with Crippen molar-refractivity contribution in [2.24, 2.45) is 0 Å². The molecule has 0 aromatic heterocycles. The molecule has 0 saturated carbocycles. The van der Waals surface area contributed by atoms with Gasteiger partial charge < -0.3 is 14.8 Å². The number of rotatable bonds is 7. The lowest BCUT2D eigenvalue weighted by Crippen LogP contribution is -2.22. The molecule has 0 bridgehead atoms. The third-order valence-electron chi connectivity index (χ3n) is 4.52. The minimum absolute atomic E-state index is 0.0489. The largest absolute Gasteiger partial charge is 0.490 e. The monoisotopic (exact) mass is 395 g/mol. The van der Waals surface area contributed by atoms with Gasteiger partial charge >= 0.3 is 0 Å². The van der Waals surface area contributed by atoms with Crippen molar-refractivity contribution in [1.29, 1.82) is 0 Å². The van der Waals surface area contributed by atoms with Gasteiger partial charge in [0.25, 0.3) is 5.91 Å². The van der Waals surface area contributed by atoms with Gasteiger partial charge in [0.15, 0.2) is 6.61 Å². The van der Waals surface area contributed by atoms with E-state index in [0.717, 1.165) is 17.1 Å². The lowest BCUT2D eigenvalue weighted by molar-refractivity contribution is -0.118. The summed E-state index contributed by atoms with van der Waals surface area (Å²) in [7, 11) is 0. The molecule has 0 heterocycles. The van der Waals surface area contributed by atoms with Gasteiger partial charge in [-0.25, -0.2) is 0 Å². The Labute approximate surface area is 174 Å². The summed E-state index contributed by atoms with van der Waals surface area (Å²) in [4.78, 5) is 12.3. The summed E-state index contributed by atoms with van der Waals surface area (Å²) in [5, 5.41) is 2.85. The van der Waals surface area contributed by atoms with Gasteiger partial charge in [-0.1, -0.05) is 66.3 Å². The van der Waals surface area contributed by atoms with Gasteiger partial charge in [-0.3, -0.25) is 4.79 Å². The maximum Gasteiger partial charge on any atom is 0.262 e. The highest BCUT2D eigenvalue weighted by atomic mass is 16.5. The number of amides is 1. The normalized spacial score (nSPS) is 11.7. The summed E-state index contributed by atoms with van der Waals surface area (Å²) in [5.41, 5.74) is 3.01. The van der Waals surface area contributed by atoms with E-state index < -0.39 is 0 Å². The zero-order valence-corrected chi connectivity index (χ0v) is 18.5. The fraction of sp³-hybridized carbons (Fsp3) is 0.400. The molecule has 0 saturated heterocycles. The molecule has 0 spiro atoms. The minimum Gasteiger partial charge on any atom is -0.490 e. The van der Waals surface area contributed by atoms with Crippen molar-refractivity contribution in [2.75, 3.05) is 18.5 Å². The quantitative estimate of drug-likeness (QED) is 0.597. The van der Waals surface area contributed by atoms with Crippen LogP contribution < -0.4 is 14.8 Å². The number of anilines is 1. The standard InChI is InChI=1S/C25H33NO3/c1-8-15-28-20-12-10-19(11-13-20)26-23(27)17-29-22-14-9-18(24(2,3)4)16-21(22)25(5,6)7/h8-14,16H,1,15,17H2,2-7H3,(H,26,27). The van der Waals surface area contributed by atoms with E-state index in [0.29, 0.717) is 12.3 Å². The van der Waals surface area contributed by atoms with Crippen molar-refractivity contribution in [1.82, 2.24) is 0 Å². The molecule has 0 atom stereocenters. The zero-order valence-electron chi connectivity index (χ0n) is 18.5. The van der Waals surface area contributed by atoms with Crippen molar-refractivity contribution in [3.63, 3.8) is 0 Å². The van der Waals surface area contributed by atoms with Gasteiger partial charge in [0.2, 0.25) is 0 Å². The maximum atomic E-state index is 12.3. The summed E-state index contributed by atoms with van der Waals surface area (Å²) in [5.74, 6) is 1.27. The van der Waals surface area contributed by atoms with Crippen LogP contribution in [0.15, 0.2) is 55.1 Å². The van der Waals surface area contributed by atoms with E-state index >= 15 is 0 Å². The predicted molar refractivity (Wildman–Crippen MR) is 120 cm³/mol. The van der Waals surface area contributed by atoms with Crippen LogP contribution in [0, 0.1) is 0 Å². The van der Waals surface area contributed by atoms with Crippen LogP contribution in [0.25, 0.3) is 0 Å². The fourth-order valence-electron chi connectivity index (χ4n) is 2.84. The molecule has 1 N–H and O–H groups in total. The molecule has 0 aliphatic carbocycles. The van der Waals surface area contributed by atoms with Crippen LogP contribution in [-0.2, 0) is 15.6 Å². The summed E-state index contributed by atoms with van der Waals surface area (Å²) >= 11 is 0. The molecule has 0 radical (unpaired) electrons. The number of ether oxygens (including phenoxy) is 2. The van der Waals surface area contributed by atoms with Crippen molar-refractivity contribution >= 4 is 11.6 Å². The first-order valence-corrected chi connectivity index (χ1v) is 9.92. The molecular formula is C25H33NO3. The van der Waals surface area contributed by atoms with Gasteiger partial charge in [-0.05, 0) is 52.3 Å². The molecule has 4 nitrogen and oxygen atoms in total. The van der Waals surface area contributed by atoms with Crippen LogP contribution in [0.2, 0.25) is 0 Å². The Balaban J connectivity index is 2.05. The molecule has 0 fully saturated rings. The van der Waals surface area contributed by atoms with Gasteiger partial charge in [-0.15, -0.1) is 0 Å². The van der Waals surface area contributed by atoms with E-state index in [1.165, 1.54) is 5.56 Å². The van der Waals surface area contributed by atoms with Crippen LogP contribution in [0.3, 0.4) is 0 Å². The molecule has 0 aliphatic rings. The molecule has 156 valence electrons. The Morgan fingerprint density at radius 2 is 1.62 bits per heavy atom. The first kappa shape index (κ1) is 22.5. The number of hydrogen-bond donors (Lipinski definition) is 1. The van der Waals surface area contributed by atoms with E-state index in [1.807, 2.05) is 18.2 Å². The molecular weight excluding hydrogens is 362 g/mol. The van der Waals surface area contributed by atoms with E-state index in [4.69, 9.17) is 9.47 Å². The molecule has 2 aromatic rings. The SMILES string of the molecule is C=CCOc1ccc(NC(=O)COc2ccc(C(C)(C)C)cc2C(C)(C)C)cc1. The molecule has 2 aromatic carbocycles. The third kappa shape index (κ3) is 6.67. The molecule has 4 heteroatoms. The van der Waals surface area contributed by atoms with Crippen molar-refractivity contribution < 1.29 is 14.3 Å². The van der Waals surface area contributed by atoms with E-state index in [9.17, 15) is 4.79 Å². The number of nitrogens with one attached hydrogen (secondary N) is 1. The van der Waals surface area contributed by atoms with Gasteiger partial charge in [0.1, 0.15) is 18.1 Å². The highest BCUT2D eigenvalue weighted by molar-refractivity contribution is 5.91. The number of carbonyl (C=O) groups is 1. The number of carbonyl (C=O) groups excluding carboxylic acids is 1. The number of benzene rings is 2. The summed E-state index contributed by atoms with van der Waals surface area (Å²) in [6.07, 6.45) is 1.69. The van der Waals surface area contributed by atoms with Crippen LogP contribution in [-0.4, -0.2) is 19.1 Å². The Bertz CT molecular complexity index is 840. The molecule has 1 amide bonds. The average Bonchev–Trinajstić information content (AvgIpc) is 2.64. The molecule has 0 unspecified atom stereocenters. The predicted octanol–water partition coefficient (Wildman–Crippen LogP) is 5.86. The molecule has 29 heavy (non-hydrogen) atoms. The maximum absolute atomic E-state index is 12.3. The highest BCUT2D eigenvalue weighted by Gasteiger charge is 2.23. The second kappa shape index (κ2) is 9.17. The van der Waals surface area contributed by atoms with Crippen molar-refractivity contribution in [2.45, 2.75) is 52.4 Å².